The minimum Gasteiger partial charge on any atom is -0.310 e. The van der Waals surface area contributed by atoms with Gasteiger partial charge in [-0.1, -0.05) is 6.92 Å². The maximum atomic E-state index is 12.1. The highest BCUT2D eigenvalue weighted by Crippen LogP contribution is 2.19. The second-order valence-corrected chi connectivity index (χ2v) is 5.15. The molecule has 0 fully saturated rings. The smallest absolute Gasteiger partial charge is 0.255 e. The molecule has 0 aliphatic heterocycles. The fraction of sp³-hybridized carbons (Fsp3) is 0.429. The Labute approximate surface area is 121 Å². The predicted octanol–water partition coefficient (Wildman–Crippen LogP) is 1.10. The molecule has 21 heavy (non-hydrogen) atoms. The zero-order chi connectivity index (χ0) is 15.0. The Kier molecular flexibility index (Phi) is 3.32. The largest absolute Gasteiger partial charge is 0.310 e. The van der Waals surface area contributed by atoms with E-state index in [1.165, 1.54) is 4.68 Å². The van der Waals surface area contributed by atoms with E-state index in [1.807, 2.05) is 6.92 Å². The summed E-state index contributed by atoms with van der Waals surface area (Å²) < 4.78 is 1.48. The second-order valence-electron chi connectivity index (χ2n) is 5.15. The average Bonchev–Trinajstić information content (AvgIpc) is 3.05. The molecule has 0 spiro atoms. The highest BCUT2D eigenvalue weighted by atomic mass is 16.1. The van der Waals surface area contributed by atoms with E-state index in [0.29, 0.717) is 18.2 Å². The van der Waals surface area contributed by atoms with Crippen LogP contribution in [0, 0.1) is 6.92 Å². The van der Waals surface area contributed by atoms with Gasteiger partial charge in [0.2, 0.25) is 11.9 Å². The van der Waals surface area contributed by atoms with Gasteiger partial charge in [-0.2, -0.15) is 9.78 Å². The van der Waals surface area contributed by atoms with Crippen molar-refractivity contribution in [3.63, 3.8) is 0 Å². The molecule has 3 rings (SSSR count). The zero-order valence-corrected chi connectivity index (χ0v) is 12.1. The van der Waals surface area contributed by atoms with Crippen LogP contribution in [0.15, 0.2) is 10.9 Å². The molecule has 1 amide bonds. The van der Waals surface area contributed by atoms with Gasteiger partial charge in [0, 0.05) is 18.1 Å². The van der Waals surface area contributed by atoms with E-state index >= 15 is 0 Å². The summed E-state index contributed by atoms with van der Waals surface area (Å²) in [5.74, 6) is 0.750. The first-order chi connectivity index (χ1) is 10.1. The van der Waals surface area contributed by atoms with Crippen LogP contribution >= 0.6 is 0 Å². The van der Waals surface area contributed by atoms with E-state index < -0.39 is 0 Å². The molecule has 7 heteroatoms. The van der Waals surface area contributed by atoms with Crippen molar-refractivity contribution in [1.82, 2.24) is 19.7 Å². The van der Waals surface area contributed by atoms with Gasteiger partial charge in [-0.3, -0.25) is 14.6 Å². The van der Waals surface area contributed by atoms with Crippen LogP contribution in [0.1, 0.15) is 36.7 Å². The lowest BCUT2D eigenvalue weighted by atomic mass is 10.3. The van der Waals surface area contributed by atoms with Gasteiger partial charge < -0.3 is 5.32 Å². The lowest BCUT2D eigenvalue weighted by Gasteiger charge is -2.08. The molecule has 0 atom stereocenters. The van der Waals surface area contributed by atoms with Crippen molar-refractivity contribution in [2.75, 3.05) is 5.32 Å². The number of nitrogens with zero attached hydrogens (tertiary/aromatic N) is 3. The lowest BCUT2D eigenvalue weighted by molar-refractivity contribution is -0.115. The van der Waals surface area contributed by atoms with Crippen LogP contribution in [0.5, 0.6) is 0 Å². The molecule has 2 N–H and O–H groups in total. The third kappa shape index (κ3) is 2.46. The van der Waals surface area contributed by atoms with Gasteiger partial charge in [0.05, 0.1) is 11.4 Å². The summed E-state index contributed by atoms with van der Waals surface area (Å²) >= 11 is 0. The number of rotatable bonds is 3. The number of hydrogen-bond acceptors (Lipinski definition) is 4. The van der Waals surface area contributed by atoms with Gasteiger partial charge in [0.1, 0.15) is 5.82 Å². The quantitative estimate of drug-likeness (QED) is 0.884. The van der Waals surface area contributed by atoms with Crippen LogP contribution in [-0.4, -0.2) is 25.7 Å². The van der Waals surface area contributed by atoms with Crippen LogP contribution < -0.4 is 10.9 Å². The highest BCUT2D eigenvalue weighted by molar-refractivity contribution is 5.89. The van der Waals surface area contributed by atoms with Crippen LogP contribution in [0.4, 0.5) is 5.82 Å². The Morgan fingerprint density at radius 2 is 2.29 bits per heavy atom. The second kappa shape index (κ2) is 5.16. The van der Waals surface area contributed by atoms with Crippen molar-refractivity contribution >= 4 is 11.7 Å². The first-order valence-corrected chi connectivity index (χ1v) is 7.07. The lowest BCUT2D eigenvalue weighted by Crippen LogP contribution is -2.20. The Morgan fingerprint density at radius 3 is 3.05 bits per heavy atom. The van der Waals surface area contributed by atoms with Crippen LogP contribution in [0.3, 0.4) is 0 Å². The van der Waals surface area contributed by atoms with E-state index in [1.54, 1.807) is 13.0 Å². The molecule has 0 aromatic carbocycles. The van der Waals surface area contributed by atoms with Crippen molar-refractivity contribution in [2.24, 2.45) is 0 Å². The van der Waals surface area contributed by atoms with E-state index in [2.05, 4.69) is 20.4 Å². The van der Waals surface area contributed by atoms with Crippen molar-refractivity contribution < 1.29 is 4.79 Å². The van der Waals surface area contributed by atoms with Crippen LogP contribution in [0.25, 0.3) is 5.95 Å². The molecule has 0 radical (unpaired) electrons. The Hall–Kier alpha value is -2.44. The monoisotopic (exact) mass is 287 g/mol. The van der Waals surface area contributed by atoms with E-state index in [9.17, 15) is 9.59 Å². The Morgan fingerprint density at radius 1 is 1.48 bits per heavy atom. The number of nitrogens with one attached hydrogen (secondary N) is 2. The standard InChI is InChI=1S/C14H17N5O2/c1-3-12(20)16-11-7-8(2)18-19(11)14-15-10-6-4-5-9(10)13(21)17-14/h7H,3-6H2,1-2H3,(H,16,20)(H,15,17,21). The highest BCUT2D eigenvalue weighted by Gasteiger charge is 2.19. The molecule has 2 aromatic heterocycles. The first kappa shape index (κ1) is 13.5. The van der Waals surface area contributed by atoms with Gasteiger partial charge in [0.25, 0.3) is 5.56 Å². The summed E-state index contributed by atoms with van der Waals surface area (Å²) in [6, 6.07) is 1.75. The number of hydrogen-bond donors (Lipinski definition) is 2. The summed E-state index contributed by atoms with van der Waals surface area (Å²) in [5, 5.41) is 7.07. The summed E-state index contributed by atoms with van der Waals surface area (Å²) in [4.78, 5) is 30.9. The normalized spacial score (nSPS) is 13.2. The number of aromatic nitrogens is 4. The summed E-state index contributed by atoms with van der Waals surface area (Å²) in [6.07, 6.45) is 2.91. The molecule has 110 valence electrons. The van der Waals surface area contributed by atoms with Crippen molar-refractivity contribution in [2.45, 2.75) is 39.5 Å². The Balaban J connectivity index is 2.07. The number of aromatic amines is 1. The molecule has 2 aromatic rings. The van der Waals surface area contributed by atoms with Crippen molar-refractivity contribution in [3.05, 3.63) is 33.4 Å². The van der Waals surface area contributed by atoms with Crippen molar-refractivity contribution in [1.29, 1.82) is 0 Å². The molecule has 7 nitrogen and oxygen atoms in total. The molecule has 1 aliphatic carbocycles. The average molecular weight is 287 g/mol. The van der Waals surface area contributed by atoms with E-state index in [0.717, 1.165) is 36.2 Å². The number of carbonyl (C=O) groups is 1. The zero-order valence-electron chi connectivity index (χ0n) is 12.1. The maximum Gasteiger partial charge on any atom is 0.255 e. The summed E-state index contributed by atoms with van der Waals surface area (Å²) in [5.41, 5.74) is 2.22. The number of aryl methyl sites for hydroxylation is 2. The van der Waals surface area contributed by atoms with Gasteiger partial charge in [-0.25, -0.2) is 4.98 Å². The molecule has 0 bridgehead atoms. The number of H-pyrrole nitrogens is 1. The van der Waals surface area contributed by atoms with Crippen LogP contribution in [-0.2, 0) is 17.6 Å². The van der Waals surface area contributed by atoms with Gasteiger partial charge in [-0.15, -0.1) is 0 Å². The first-order valence-electron chi connectivity index (χ1n) is 7.07. The molecule has 0 unspecified atom stereocenters. The number of amides is 1. The third-order valence-electron chi connectivity index (χ3n) is 3.55. The fourth-order valence-electron chi connectivity index (χ4n) is 2.51. The molecular weight excluding hydrogens is 270 g/mol. The fourth-order valence-corrected chi connectivity index (χ4v) is 2.51. The molecule has 0 saturated heterocycles. The minimum absolute atomic E-state index is 0.111. The number of anilines is 1. The third-order valence-corrected chi connectivity index (χ3v) is 3.55. The van der Waals surface area contributed by atoms with Gasteiger partial charge in [-0.05, 0) is 26.2 Å². The van der Waals surface area contributed by atoms with Gasteiger partial charge in [0.15, 0.2) is 0 Å². The molecule has 2 heterocycles. The number of fused-ring (bicyclic) bond motifs is 1. The van der Waals surface area contributed by atoms with Crippen LogP contribution in [0.2, 0.25) is 0 Å². The minimum atomic E-state index is -0.117. The van der Waals surface area contributed by atoms with E-state index in [-0.39, 0.29) is 11.5 Å². The van der Waals surface area contributed by atoms with E-state index in [4.69, 9.17) is 0 Å². The molecule has 1 aliphatic rings. The van der Waals surface area contributed by atoms with Crippen molar-refractivity contribution in [3.8, 4) is 5.95 Å². The van der Waals surface area contributed by atoms with Gasteiger partial charge >= 0.3 is 0 Å². The Bertz CT molecular complexity index is 759. The molecule has 0 saturated carbocycles. The molecular formula is C14H17N5O2. The topological polar surface area (TPSA) is 92.7 Å². The number of carbonyl (C=O) groups excluding carboxylic acids is 1. The maximum absolute atomic E-state index is 12.1. The SMILES string of the molecule is CCC(=O)Nc1cc(C)nn1-c1nc2c(c(=O)[nH]1)CCC2. The predicted molar refractivity (Wildman–Crippen MR) is 77.7 cm³/mol. The summed E-state index contributed by atoms with van der Waals surface area (Å²) in [7, 11) is 0. The summed E-state index contributed by atoms with van der Waals surface area (Å²) in [6.45, 7) is 3.60.